The fourth-order valence-corrected chi connectivity index (χ4v) is 5.41. The van der Waals surface area contributed by atoms with E-state index in [1.807, 2.05) is 0 Å². The number of sulfonamides is 1. The molecule has 2 aliphatic rings. The van der Waals surface area contributed by atoms with E-state index >= 15 is 0 Å². The Kier molecular flexibility index (Phi) is 6.63. The van der Waals surface area contributed by atoms with Gasteiger partial charge in [-0.1, -0.05) is 0 Å². The average molecular weight is 396 g/mol. The summed E-state index contributed by atoms with van der Waals surface area (Å²) in [6.45, 7) is 1.75. The number of amides is 1. The Morgan fingerprint density at radius 1 is 1.42 bits per heavy atom. The summed E-state index contributed by atoms with van der Waals surface area (Å²) in [5.74, 6) is 0.0670. The van der Waals surface area contributed by atoms with E-state index in [-0.39, 0.29) is 34.1 Å². The molecule has 10 heteroatoms. The van der Waals surface area contributed by atoms with E-state index < -0.39 is 10.0 Å². The summed E-state index contributed by atoms with van der Waals surface area (Å²) in [7, 11) is -3.67. The number of halogens is 1. The zero-order chi connectivity index (χ0) is 16.4. The lowest BCUT2D eigenvalue weighted by Gasteiger charge is -2.26. The van der Waals surface area contributed by atoms with Gasteiger partial charge >= 0.3 is 0 Å². The van der Waals surface area contributed by atoms with Crippen LogP contribution < -0.4 is 11.1 Å². The maximum atomic E-state index is 12.7. The van der Waals surface area contributed by atoms with Crippen LogP contribution >= 0.6 is 23.7 Å². The normalized spacial score (nSPS) is 20.2. The van der Waals surface area contributed by atoms with Crippen LogP contribution in [0.2, 0.25) is 0 Å². The molecule has 24 heavy (non-hydrogen) atoms. The minimum Gasteiger partial charge on any atom is -0.379 e. The number of thiophene rings is 1. The van der Waals surface area contributed by atoms with Crippen molar-refractivity contribution in [3.63, 3.8) is 0 Å². The van der Waals surface area contributed by atoms with Crippen molar-refractivity contribution < 1.29 is 17.9 Å². The van der Waals surface area contributed by atoms with E-state index in [0.717, 1.165) is 24.2 Å². The van der Waals surface area contributed by atoms with Gasteiger partial charge in [-0.15, -0.1) is 23.7 Å². The lowest BCUT2D eigenvalue weighted by Crippen LogP contribution is -2.43. The van der Waals surface area contributed by atoms with Crippen molar-refractivity contribution in [3.8, 4) is 0 Å². The SMILES string of the molecule is Cl.NCC(NC(=O)c1sccc1S(=O)(=O)N1CCOCC1)C1CC1. The van der Waals surface area contributed by atoms with Crippen LogP contribution in [-0.2, 0) is 14.8 Å². The van der Waals surface area contributed by atoms with Gasteiger partial charge in [-0.3, -0.25) is 4.79 Å². The molecule has 1 aliphatic heterocycles. The van der Waals surface area contributed by atoms with Crippen LogP contribution in [-0.4, -0.2) is 57.5 Å². The predicted octanol–water partition coefficient (Wildman–Crippen LogP) is 0.658. The molecule has 0 radical (unpaired) electrons. The number of morpholine rings is 1. The number of nitrogens with one attached hydrogen (secondary N) is 1. The van der Waals surface area contributed by atoms with Crippen LogP contribution in [0.3, 0.4) is 0 Å². The zero-order valence-electron chi connectivity index (χ0n) is 13.1. The minimum atomic E-state index is -3.67. The highest BCUT2D eigenvalue weighted by molar-refractivity contribution is 7.89. The third-order valence-corrected chi connectivity index (χ3v) is 7.17. The van der Waals surface area contributed by atoms with Crippen molar-refractivity contribution in [1.82, 2.24) is 9.62 Å². The molecule has 1 aromatic heterocycles. The van der Waals surface area contributed by atoms with Crippen LogP contribution in [0.25, 0.3) is 0 Å². The molecule has 1 amide bonds. The Labute approximate surface area is 152 Å². The first-order chi connectivity index (χ1) is 11.0. The van der Waals surface area contributed by atoms with Crippen molar-refractivity contribution in [2.45, 2.75) is 23.8 Å². The second-order valence-corrected chi connectivity index (χ2v) is 8.61. The van der Waals surface area contributed by atoms with Crippen molar-refractivity contribution in [1.29, 1.82) is 0 Å². The molecule has 3 N–H and O–H groups in total. The number of carbonyl (C=O) groups is 1. The van der Waals surface area contributed by atoms with E-state index in [4.69, 9.17) is 10.5 Å². The van der Waals surface area contributed by atoms with Gasteiger partial charge in [0.05, 0.1) is 13.2 Å². The van der Waals surface area contributed by atoms with Gasteiger partial charge in [0.1, 0.15) is 9.77 Å². The molecule has 2 fully saturated rings. The van der Waals surface area contributed by atoms with Gasteiger partial charge in [-0.05, 0) is 30.2 Å². The molecule has 0 spiro atoms. The molecule has 1 aromatic rings. The summed E-state index contributed by atoms with van der Waals surface area (Å²) in [4.78, 5) is 12.8. The van der Waals surface area contributed by atoms with Gasteiger partial charge in [-0.2, -0.15) is 4.31 Å². The Morgan fingerprint density at radius 3 is 2.67 bits per heavy atom. The highest BCUT2D eigenvalue weighted by Crippen LogP contribution is 2.33. The minimum absolute atomic E-state index is 0. The monoisotopic (exact) mass is 395 g/mol. The standard InChI is InChI=1S/C14H21N3O4S2.ClH/c15-9-11(10-1-2-10)16-14(18)13-12(3-8-22-13)23(19,20)17-4-6-21-7-5-17;/h3,8,10-11H,1-2,4-7,9,15H2,(H,16,18);1H. The van der Waals surface area contributed by atoms with E-state index in [9.17, 15) is 13.2 Å². The highest BCUT2D eigenvalue weighted by atomic mass is 35.5. The van der Waals surface area contributed by atoms with Crippen LogP contribution in [0.15, 0.2) is 16.3 Å². The number of hydrogen-bond donors (Lipinski definition) is 2. The number of nitrogens with zero attached hydrogens (tertiary/aromatic N) is 1. The molecule has 2 heterocycles. The summed E-state index contributed by atoms with van der Waals surface area (Å²) < 4.78 is 32.1. The van der Waals surface area contributed by atoms with Crippen LogP contribution in [0.4, 0.5) is 0 Å². The van der Waals surface area contributed by atoms with E-state index in [2.05, 4.69) is 5.32 Å². The number of nitrogens with two attached hydrogens (primary N) is 1. The smallest absolute Gasteiger partial charge is 0.263 e. The van der Waals surface area contributed by atoms with Gasteiger partial charge in [0.15, 0.2) is 0 Å². The van der Waals surface area contributed by atoms with Crippen LogP contribution in [0, 0.1) is 5.92 Å². The molecule has 1 saturated heterocycles. The largest absolute Gasteiger partial charge is 0.379 e. The Balaban J connectivity index is 0.00000208. The maximum absolute atomic E-state index is 12.7. The van der Waals surface area contributed by atoms with Crippen LogP contribution in [0.5, 0.6) is 0 Å². The van der Waals surface area contributed by atoms with Crippen molar-refractivity contribution in [2.75, 3.05) is 32.8 Å². The van der Waals surface area contributed by atoms with Gasteiger partial charge in [0, 0.05) is 25.7 Å². The molecule has 1 saturated carbocycles. The summed E-state index contributed by atoms with van der Waals surface area (Å²) in [6.07, 6.45) is 2.12. The molecule has 7 nitrogen and oxygen atoms in total. The third kappa shape index (κ3) is 4.09. The maximum Gasteiger partial charge on any atom is 0.263 e. The molecule has 0 bridgehead atoms. The van der Waals surface area contributed by atoms with Gasteiger partial charge in [-0.25, -0.2) is 8.42 Å². The molecular formula is C14H22ClN3O4S2. The topological polar surface area (TPSA) is 102 Å². The fraction of sp³-hybridized carbons (Fsp3) is 0.643. The van der Waals surface area contributed by atoms with Crippen molar-refractivity contribution >= 4 is 39.7 Å². The first-order valence-corrected chi connectivity index (χ1v) is 10.0. The predicted molar refractivity (Wildman–Crippen MR) is 94.2 cm³/mol. The number of rotatable bonds is 6. The Bertz CT molecular complexity index is 669. The van der Waals surface area contributed by atoms with Gasteiger partial charge in [0.2, 0.25) is 10.0 Å². The van der Waals surface area contributed by atoms with E-state index in [0.29, 0.717) is 38.8 Å². The van der Waals surface area contributed by atoms with Crippen LogP contribution in [0.1, 0.15) is 22.5 Å². The molecular weight excluding hydrogens is 374 g/mol. The quantitative estimate of drug-likeness (QED) is 0.736. The summed E-state index contributed by atoms with van der Waals surface area (Å²) in [5.41, 5.74) is 5.70. The van der Waals surface area contributed by atoms with Crippen molar-refractivity contribution in [2.24, 2.45) is 11.7 Å². The lowest BCUT2D eigenvalue weighted by atomic mass is 10.2. The lowest BCUT2D eigenvalue weighted by molar-refractivity contribution is 0.0730. The fourth-order valence-electron chi connectivity index (χ4n) is 2.69. The first-order valence-electron chi connectivity index (χ1n) is 7.70. The number of ether oxygens (including phenoxy) is 1. The second-order valence-electron chi connectivity index (χ2n) is 5.78. The highest BCUT2D eigenvalue weighted by Gasteiger charge is 2.34. The molecule has 136 valence electrons. The first kappa shape index (κ1) is 19.6. The second kappa shape index (κ2) is 8.11. The Hall–Kier alpha value is -0.710. The molecule has 1 atom stereocenters. The van der Waals surface area contributed by atoms with Crippen molar-refractivity contribution in [3.05, 3.63) is 16.3 Å². The average Bonchev–Trinajstić information content (AvgIpc) is 3.28. The zero-order valence-corrected chi connectivity index (χ0v) is 15.6. The van der Waals surface area contributed by atoms with E-state index in [1.165, 1.54) is 10.4 Å². The number of carbonyl (C=O) groups excluding carboxylic acids is 1. The summed E-state index contributed by atoms with van der Waals surface area (Å²) in [5, 5.41) is 4.52. The molecule has 3 rings (SSSR count). The van der Waals surface area contributed by atoms with Gasteiger partial charge < -0.3 is 15.8 Å². The van der Waals surface area contributed by atoms with E-state index in [1.54, 1.807) is 5.38 Å². The molecule has 1 aliphatic carbocycles. The summed E-state index contributed by atoms with van der Waals surface area (Å²) in [6, 6.07) is 1.42. The summed E-state index contributed by atoms with van der Waals surface area (Å²) >= 11 is 1.14. The van der Waals surface area contributed by atoms with Gasteiger partial charge in [0.25, 0.3) is 5.91 Å². The molecule has 1 unspecified atom stereocenters. The number of hydrogen-bond acceptors (Lipinski definition) is 6. The Morgan fingerprint density at radius 2 is 2.08 bits per heavy atom. The molecule has 0 aromatic carbocycles. The third-order valence-electron chi connectivity index (χ3n) is 4.18.